The number of hydrogen-bond acceptors (Lipinski definition) is 3. The van der Waals surface area contributed by atoms with Gasteiger partial charge < -0.3 is 15.2 Å². The van der Waals surface area contributed by atoms with Crippen LogP contribution in [0.5, 0.6) is 0 Å². The van der Waals surface area contributed by atoms with Crippen molar-refractivity contribution in [1.82, 2.24) is 5.32 Å². The molecule has 1 heterocycles. The van der Waals surface area contributed by atoms with Crippen LogP contribution in [0.3, 0.4) is 0 Å². The van der Waals surface area contributed by atoms with E-state index in [0.29, 0.717) is 12.5 Å². The van der Waals surface area contributed by atoms with Crippen LogP contribution in [-0.2, 0) is 9.53 Å². The number of ether oxygens (including phenoxy) is 1. The normalized spacial score (nSPS) is 27.9. The summed E-state index contributed by atoms with van der Waals surface area (Å²) >= 11 is 0. The van der Waals surface area contributed by atoms with Crippen LogP contribution in [0, 0.1) is 5.92 Å². The van der Waals surface area contributed by atoms with Crippen molar-refractivity contribution in [1.29, 1.82) is 0 Å². The van der Waals surface area contributed by atoms with Crippen LogP contribution in [-0.4, -0.2) is 36.4 Å². The lowest BCUT2D eigenvalue weighted by Gasteiger charge is -2.24. The number of rotatable bonds is 5. The molecule has 0 bridgehead atoms. The molecule has 0 spiro atoms. The van der Waals surface area contributed by atoms with E-state index in [1.54, 1.807) is 0 Å². The zero-order valence-electron chi connectivity index (χ0n) is 11.1. The van der Waals surface area contributed by atoms with Crippen LogP contribution in [0.4, 0.5) is 0 Å². The Morgan fingerprint density at radius 3 is 2.44 bits per heavy atom. The molecule has 4 heteroatoms. The lowest BCUT2D eigenvalue weighted by Crippen LogP contribution is -2.45. The van der Waals surface area contributed by atoms with E-state index in [9.17, 15) is 9.90 Å². The first-order chi connectivity index (χ1) is 8.77. The minimum absolute atomic E-state index is 0.220. The summed E-state index contributed by atoms with van der Waals surface area (Å²) in [5.41, 5.74) is 0. The number of hydrogen-bond donors (Lipinski definition) is 2. The number of carboxylic acid groups (broad SMARTS) is 1. The maximum Gasteiger partial charge on any atom is 0.320 e. The highest BCUT2D eigenvalue weighted by Gasteiger charge is 2.29. The van der Waals surface area contributed by atoms with E-state index in [1.807, 2.05) is 0 Å². The highest BCUT2D eigenvalue weighted by molar-refractivity contribution is 5.73. The van der Waals surface area contributed by atoms with Gasteiger partial charge in [-0.3, -0.25) is 4.79 Å². The first-order valence-corrected chi connectivity index (χ1v) is 7.35. The van der Waals surface area contributed by atoms with E-state index >= 15 is 0 Å². The molecule has 0 amide bonds. The third-order valence-electron chi connectivity index (χ3n) is 4.23. The smallest absolute Gasteiger partial charge is 0.320 e. The van der Waals surface area contributed by atoms with Gasteiger partial charge in [0, 0.05) is 13.2 Å². The standard InChI is InChI=1S/C14H25NO3/c16-14(17)13(11-6-3-1-2-4-7-11)15-10-12-8-5-9-18-12/h11-13,15H,1-10H2,(H,16,17). The molecule has 1 saturated carbocycles. The maximum absolute atomic E-state index is 11.4. The number of nitrogens with one attached hydrogen (secondary N) is 1. The fourth-order valence-corrected chi connectivity index (χ4v) is 3.16. The van der Waals surface area contributed by atoms with Gasteiger partial charge in [0.1, 0.15) is 6.04 Å². The third kappa shape index (κ3) is 3.95. The Bertz CT molecular complexity index is 256. The second-order valence-electron chi connectivity index (χ2n) is 5.61. The quantitative estimate of drug-likeness (QED) is 0.739. The number of aliphatic carboxylic acids is 1. The van der Waals surface area contributed by atoms with Crippen molar-refractivity contribution in [2.75, 3.05) is 13.2 Å². The Labute approximate surface area is 109 Å². The largest absolute Gasteiger partial charge is 0.480 e. The van der Waals surface area contributed by atoms with Gasteiger partial charge >= 0.3 is 5.97 Å². The Kier molecular flexibility index (Phi) is 5.45. The van der Waals surface area contributed by atoms with Crippen LogP contribution in [0.2, 0.25) is 0 Å². The van der Waals surface area contributed by atoms with Crippen LogP contribution in [0.25, 0.3) is 0 Å². The molecule has 0 radical (unpaired) electrons. The molecule has 0 aromatic rings. The molecule has 2 unspecified atom stereocenters. The monoisotopic (exact) mass is 255 g/mol. The SMILES string of the molecule is O=C(O)C(NCC1CCCO1)C1CCCCCC1. The van der Waals surface area contributed by atoms with Gasteiger partial charge in [-0.2, -0.15) is 0 Å². The molecule has 2 fully saturated rings. The summed E-state index contributed by atoms with van der Waals surface area (Å²) in [5, 5.41) is 12.6. The zero-order valence-corrected chi connectivity index (χ0v) is 11.1. The van der Waals surface area contributed by atoms with Gasteiger partial charge in [-0.1, -0.05) is 25.7 Å². The van der Waals surface area contributed by atoms with Crippen molar-refractivity contribution in [3.05, 3.63) is 0 Å². The molecule has 2 N–H and O–H groups in total. The molecule has 18 heavy (non-hydrogen) atoms. The number of carbonyl (C=O) groups is 1. The lowest BCUT2D eigenvalue weighted by molar-refractivity contribution is -0.141. The third-order valence-corrected chi connectivity index (χ3v) is 4.23. The van der Waals surface area contributed by atoms with E-state index in [2.05, 4.69) is 5.32 Å². The van der Waals surface area contributed by atoms with Crippen molar-refractivity contribution in [3.8, 4) is 0 Å². The summed E-state index contributed by atoms with van der Waals surface area (Å²) in [7, 11) is 0. The van der Waals surface area contributed by atoms with Crippen LogP contribution >= 0.6 is 0 Å². The van der Waals surface area contributed by atoms with Gasteiger partial charge in [0.15, 0.2) is 0 Å². The summed E-state index contributed by atoms with van der Waals surface area (Å²) in [6.45, 7) is 1.51. The summed E-state index contributed by atoms with van der Waals surface area (Å²) in [5.74, 6) is -0.397. The van der Waals surface area contributed by atoms with Crippen molar-refractivity contribution >= 4 is 5.97 Å². The Balaban J connectivity index is 1.83. The van der Waals surface area contributed by atoms with Gasteiger partial charge in [0.05, 0.1) is 6.10 Å². The lowest BCUT2D eigenvalue weighted by atomic mass is 9.91. The molecular weight excluding hydrogens is 230 g/mol. The first-order valence-electron chi connectivity index (χ1n) is 7.35. The summed E-state index contributed by atoms with van der Waals surface area (Å²) < 4.78 is 5.54. The highest BCUT2D eigenvalue weighted by Crippen LogP contribution is 2.26. The average molecular weight is 255 g/mol. The summed E-state index contributed by atoms with van der Waals surface area (Å²) in [4.78, 5) is 11.4. The van der Waals surface area contributed by atoms with Crippen molar-refractivity contribution < 1.29 is 14.6 Å². The summed E-state index contributed by atoms with van der Waals surface area (Å²) in [6.07, 6.45) is 9.36. The molecule has 2 aliphatic rings. The Hall–Kier alpha value is -0.610. The summed E-state index contributed by atoms with van der Waals surface area (Å²) in [6, 6.07) is -0.382. The zero-order chi connectivity index (χ0) is 12.8. The molecule has 1 aliphatic carbocycles. The van der Waals surface area contributed by atoms with E-state index < -0.39 is 5.97 Å². The van der Waals surface area contributed by atoms with Crippen molar-refractivity contribution in [2.24, 2.45) is 5.92 Å². The van der Waals surface area contributed by atoms with Crippen molar-refractivity contribution in [3.63, 3.8) is 0 Å². The number of carboxylic acids is 1. The Morgan fingerprint density at radius 2 is 1.89 bits per heavy atom. The Morgan fingerprint density at radius 1 is 1.17 bits per heavy atom. The van der Waals surface area contributed by atoms with Crippen LogP contribution < -0.4 is 5.32 Å². The van der Waals surface area contributed by atoms with Gasteiger partial charge in [0.2, 0.25) is 0 Å². The molecule has 0 aromatic carbocycles. The minimum atomic E-state index is -0.695. The molecule has 4 nitrogen and oxygen atoms in total. The second-order valence-corrected chi connectivity index (χ2v) is 5.61. The molecule has 1 saturated heterocycles. The molecule has 2 rings (SSSR count). The molecule has 1 aliphatic heterocycles. The minimum Gasteiger partial charge on any atom is -0.480 e. The van der Waals surface area contributed by atoms with Crippen molar-refractivity contribution in [2.45, 2.75) is 63.5 Å². The molecule has 0 aromatic heterocycles. The molecule has 104 valence electrons. The van der Waals surface area contributed by atoms with Gasteiger partial charge in [-0.15, -0.1) is 0 Å². The average Bonchev–Trinajstić information content (AvgIpc) is 2.72. The topological polar surface area (TPSA) is 58.6 Å². The second kappa shape index (κ2) is 7.10. The molecule has 2 atom stereocenters. The fraction of sp³-hybridized carbons (Fsp3) is 0.929. The van der Waals surface area contributed by atoms with E-state index in [-0.39, 0.29) is 12.1 Å². The van der Waals surface area contributed by atoms with E-state index in [1.165, 1.54) is 25.7 Å². The molecular formula is C14H25NO3. The first kappa shape index (κ1) is 13.8. The van der Waals surface area contributed by atoms with Gasteiger partial charge in [-0.05, 0) is 31.6 Å². The van der Waals surface area contributed by atoms with Gasteiger partial charge in [0.25, 0.3) is 0 Å². The maximum atomic E-state index is 11.4. The fourth-order valence-electron chi connectivity index (χ4n) is 3.16. The van der Waals surface area contributed by atoms with E-state index in [4.69, 9.17) is 4.74 Å². The van der Waals surface area contributed by atoms with Gasteiger partial charge in [-0.25, -0.2) is 0 Å². The highest BCUT2D eigenvalue weighted by atomic mass is 16.5. The predicted octanol–water partition coefficient (Wildman–Crippen LogP) is 2.18. The van der Waals surface area contributed by atoms with E-state index in [0.717, 1.165) is 32.3 Å². The predicted molar refractivity (Wildman–Crippen MR) is 69.6 cm³/mol. The van der Waals surface area contributed by atoms with Crippen LogP contribution in [0.1, 0.15) is 51.4 Å². The van der Waals surface area contributed by atoms with Crippen LogP contribution in [0.15, 0.2) is 0 Å².